The molecule has 1 aromatic rings. The molecule has 0 aromatic carbocycles. The van der Waals surface area contributed by atoms with Gasteiger partial charge in [0.1, 0.15) is 5.79 Å². The van der Waals surface area contributed by atoms with Crippen LogP contribution in [0.15, 0.2) is 10.9 Å². The molecule has 25 heavy (non-hydrogen) atoms. The second-order valence-electron chi connectivity index (χ2n) is 7.79. The second kappa shape index (κ2) is 6.99. The molecule has 140 valence electrons. The Bertz CT molecular complexity index is 719. The van der Waals surface area contributed by atoms with E-state index in [4.69, 9.17) is 17.2 Å². The number of carbonyl (C=O) groups excluding carboxylic acids is 1. The van der Waals surface area contributed by atoms with Crippen molar-refractivity contribution in [2.75, 3.05) is 19.6 Å². The summed E-state index contributed by atoms with van der Waals surface area (Å²) in [7, 11) is 0. The van der Waals surface area contributed by atoms with Gasteiger partial charge in [-0.3, -0.25) is 14.2 Å². The van der Waals surface area contributed by atoms with Crippen molar-refractivity contribution in [1.82, 2.24) is 9.47 Å². The summed E-state index contributed by atoms with van der Waals surface area (Å²) in [5.41, 5.74) is 18.5. The van der Waals surface area contributed by atoms with Crippen LogP contribution < -0.4 is 22.8 Å². The highest BCUT2D eigenvalue weighted by Gasteiger charge is 2.36. The van der Waals surface area contributed by atoms with Crippen LogP contribution in [0.2, 0.25) is 0 Å². The van der Waals surface area contributed by atoms with Crippen LogP contribution in [-0.4, -0.2) is 40.7 Å². The van der Waals surface area contributed by atoms with E-state index in [0.717, 1.165) is 24.9 Å². The largest absolute Gasteiger partial charge is 0.301 e. The minimum atomic E-state index is -1.20. The van der Waals surface area contributed by atoms with Crippen LogP contribution in [0.3, 0.4) is 0 Å². The van der Waals surface area contributed by atoms with E-state index in [2.05, 4.69) is 4.90 Å². The van der Waals surface area contributed by atoms with Crippen molar-refractivity contribution >= 4 is 5.78 Å². The lowest BCUT2D eigenvalue weighted by molar-refractivity contribution is 0.0879. The van der Waals surface area contributed by atoms with Gasteiger partial charge in [-0.1, -0.05) is 0 Å². The lowest BCUT2D eigenvalue weighted by atomic mass is 9.88. The van der Waals surface area contributed by atoms with Crippen molar-refractivity contribution in [2.24, 2.45) is 17.2 Å². The molecule has 0 aliphatic carbocycles. The Labute approximate surface area is 149 Å². The molecule has 0 saturated carbocycles. The maximum absolute atomic E-state index is 12.9. The van der Waals surface area contributed by atoms with Gasteiger partial charge in [0.15, 0.2) is 5.78 Å². The maximum Gasteiger partial charge on any atom is 0.254 e. The summed E-state index contributed by atoms with van der Waals surface area (Å²) < 4.78 is 1.72. The van der Waals surface area contributed by atoms with Crippen molar-refractivity contribution < 1.29 is 4.79 Å². The average molecular weight is 349 g/mol. The zero-order valence-corrected chi connectivity index (χ0v) is 15.8. The van der Waals surface area contributed by atoms with E-state index in [9.17, 15) is 9.59 Å². The van der Waals surface area contributed by atoms with E-state index < -0.39 is 11.3 Å². The number of aromatic nitrogens is 1. The standard InChI is InChI=1S/C18H31N5O2/c1-12-10-13(2)16(25)23(15(12)14(3)24)17(4)6-5-8-22(11-17)9-7-18(19,20)21/h10H,5-9,11,19-21H2,1-4H3. The fourth-order valence-corrected chi connectivity index (χ4v) is 3.91. The van der Waals surface area contributed by atoms with Gasteiger partial charge >= 0.3 is 0 Å². The Morgan fingerprint density at radius 1 is 1.28 bits per heavy atom. The minimum Gasteiger partial charge on any atom is -0.301 e. The summed E-state index contributed by atoms with van der Waals surface area (Å²) in [6.07, 6.45) is 2.23. The smallest absolute Gasteiger partial charge is 0.254 e. The fourth-order valence-electron chi connectivity index (χ4n) is 3.91. The molecule has 1 atom stereocenters. The zero-order chi connectivity index (χ0) is 19.0. The first-order valence-corrected chi connectivity index (χ1v) is 8.78. The molecule has 0 radical (unpaired) electrons. The molecule has 1 fully saturated rings. The number of rotatable bonds is 5. The Hall–Kier alpha value is -1.54. The van der Waals surface area contributed by atoms with Crippen LogP contribution >= 0.6 is 0 Å². The van der Waals surface area contributed by atoms with Gasteiger partial charge in [0, 0.05) is 32.0 Å². The lowest BCUT2D eigenvalue weighted by Crippen LogP contribution is -2.60. The van der Waals surface area contributed by atoms with E-state index in [0.29, 0.717) is 30.8 Å². The summed E-state index contributed by atoms with van der Waals surface area (Å²) in [6.45, 7) is 9.47. The molecule has 7 nitrogen and oxygen atoms in total. The number of carbonyl (C=O) groups is 1. The number of hydrogen-bond donors (Lipinski definition) is 3. The molecular weight excluding hydrogens is 318 g/mol. The van der Waals surface area contributed by atoms with Crippen LogP contribution in [0.1, 0.15) is 54.7 Å². The van der Waals surface area contributed by atoms with Crippen LogP contribution in [0.5, 0.6) is 0 Å². The lowest BCUT2D eigenvalue weighted by Gasteiger charge is -2.43. The molecule has 1 unspecified atom stereocenters. The predicted molar refractivity (Wildman–Crippen MR) is 99.4 cm³/mol. The molecule has 1 aliphatic rings. The molecule has 0 amide bonds. The Balaban J connectivity index is 2.42. The summed E-state index contributed by atoms with van der Waals surface area (Å²) in [5, 5.41) is 0. The average Bonchev–Trinajstić information content (AvgIpc) is 2.47. The molecule has 0 spiro atoms. The van der Waals surface area contributed by atoms with Crippen LogP contribution in [0.4, 0.5) is 0 Å². The maximum atomic E-state index is 12.9. The van der Waals surface area contributed by atoms with Crippen LogP contribution in [-0.2, 0) is 5.54 Å². The molecule has 2 rings (SSSR count). The number of pyridine rings is 1. The van der Waals surface area contributed by atoms with Crippen molar-refractivity contribution in [3.05, 3.63) is 33.2 Å². The van der Waals surface area contributed by atoms with Crippen LogP contribution in [0, 0.1) is 13.8 Å². The third-order valence-electron chi connectivity index (χ3n) is 5.06. The highest BCUT2D eigenvalue weighted by molar-refractivity contribution is 5.94. The van der Waals surface area contributed by atoms with Crippen LogP contribution in [0.25, 0.3) is 0 Å². The summed E-state index contributed by atoms with van der Waals surface area (Å²) >= 11 is 0. The summed E-state index contributed by atoms with van der Waals surface area (Å²) in [6, 6.07) is 1.80. The summed E-state index contributed by atoms with van der Waals surface area (Å²) in [5.74, 6) is -1.28. The van der Waals surface area contributed by atoms with Gasteiger partial charge in [0.2, 0.25) is 0 Å². The van der Waals surface area contributed by atoms with E-state index in [1.54, 1.807) is 17.6 Å². The number of nitrogens with zero attached hydrogens (tertiary/aromatic N) is 2. The van der Waals surface area contributed by atoms with Gasteiger partial charge < -0.3 is 22.1 Å². The van der Waals surface area contributed by atoms with Gasteiger partial charge in [-0.15, -0.1) is 0 Å². The van der Waals surface area contributed by atoms with Crippen molar-refractivity contribution in [3.63, 3.8) is 0 Å². The number of piperidine rings is 1. The van der Waals surface area contributed by atoms with Gasteiger partial charge in [-0.2, -0.15) is 0 Å². The molecule has 0 bridgehead atoms. The molecule has 1 aliphatic heterocycles. The number of likely N-dealkylation sites (tertiary alicyclic amines) is 1. The first kappa shape index (κ1) is 19.8. The Kier molecular flexibility index (Phi) is 5.53. The third kappa shape index (κ3) is 4.36. The normalized spacial score (nSPS) is 22.2. The molecule has 1 saturated heterocycles. The second-order valence-corrected chi connectivity index (χ2v) is 7.79. The van der Waals surface area contributed by atoms with Gasteiger partial charge in [0.05, 0.1) is 11.2 Å². The molecule has 7 heteroatoms. The molecule has 6 N–H and O–H groups in total. The third-order valence-corrected chi connectivity index (χ3v) is 5.06. The Morgan fingerprint density at radius 3 is 2.48 bits per heavy atom. The fraction of sp³-hybridized carbons (Fsp3) is 0.667. The zero-order valence-electron chi connectivity index (χ0n) is 15.8. The Morgan fingerprint density at radius 2 is 1.92 bits per heavy atom. The monoisotopic (exact) mass is 349 g/mol. The van der Waals surface area contributed by atoms with E-state index >= 15 is 0 Å². The van der Waals surface area contributed by atoms with E-state index in [-0.39, 0.29) is 11.3 Å². The van der Waals surface area contributed by atoms with Gasteiger partial charge in [0.25, 0.3) is 5.56 Å². The first-order valence-electron chi connectivity index (χ1n) is 8.78. The number of ketones is 1. The number of aryl methyl sites for hydroxylation is 2. The quantitative estimate of drug-likeness (QED) is 0.523. The number of hydrogen-bond acceptors (Lipinski definition) is 6. The van der Waals surface area contributed by atoms with E-state index in [1.165, 1.54) is 6.92 Å². The van der Waals surface area contributed by atoms with Gasteiger partial charge in [-0.25, -0.2) is 0 Å². The predicted octanol–water partition coefficient (Wildman–Crippen LogP) is 0.399. The molecule has 2 heterocycles. The number of Topliss-reactive ketones (excluding diaryl/α,β-unsaturated/α-hetero) is 1. The number of nitrogens with two attached hydrogens (primary N) is 3. The van der Waals surface area contributed by atoms with Gasteiger partial charge in [-0.05, 0) is 51.8 Å². The van der Waals surface area contributed by atoms with Crippen molar-refractivity contribution in [2.45, 2.75) is 58.3 Å². The SMILES string of the molecule is CC(=O)c1c(C)cc(C)c(=O)n1C1(C)CCCN(CCC(N)(N)N)C1. The minimum absolute atomic E-state index is 0.0853. The highest BCUT2D eigenvalue weighted by Crippen LogP contribution is 2.30. The van der Waals surface area contributed by atoms with Crippen molar-refractivity contribution in [3.8, 4) is 0 Å². The van der Waals surface area contributed by atoms with Crippen molar-refractivity contribution in [1.29, 1.82) is 0 Å². The molecule has 1 aromatic heterocycles. The molecular formula is C18H31N5O2. The topological polar surface area (TPSA) is 120 Å². The summed E-state index contributed by atoms with van der Waals surface area (Å²) in [4.78, 5) is 27.4. The van der Waals surface area contributed by atoms with E-state index in [1.807, 2.05) is 13.8 Å². The highest BCUT2D eigenvalue weighted by atomic mass is 16.1. The first-order chi connectivity index (χ1) is 11.4.